The molecule has 1 heterocycles. The van der Waals surface area contributed by atoms with Crippen molar-refractivity contribution in [3.05, 3.63) is 33.8 Å². The molecule has 1 saturated heterocycles. The van der Waals surface area contributed by atoms with Crippen LogP contribution >= 0.6 is 33.9 Å². The van der Waals surface area contributed by atoms with Crippen molar-refractivity contribution in [1.29, 1.82) is 0 Å². The average molecular weight is 554 g/mol. The molecule has 0 radical (unpaired) electrons. The summed E-state index contributed by atoms with van der Waals surface area (Å²) in [5.74, 6) is 0. The lowest BCUT2D eigenvalue weighted by Gasteiger charge is -2.30. The Morgan fingerprint density at radius 1 is 1.16 bits per heavy atom. The molecule has 1 amide bonds. The summed E-state index contributed by atoms with van der Waals surface area (Å²) >= 11 is 12.1. The molecule has 2 rings (SSSR count). The lowest BCUT2D eigenvalue weighted by atomic mass is 10.0. The van der Waals surface area contributed by atoms with Gasteiger partial charge in [-0.25, -0.2) is 26.4 Å². The Labute approximate surface area is 203 Å². The van der Waals surface area contributed by atoms with E-state index in [-0.39, 0.29) is 19.7 Å². The molecule has 1 fully saturated rings. The van der Waals surface area contributed by atoms with Crippen LogP contribution < -0.4 is 4.72 Å². The summed E-state index contributed by atoms with van der Waals surface area (Å²) < 4.78 is 56.4. The lowest BCUT2D eigenvalue weighted by molar-refractivity contribution is 0.0231. The number of rotatable bonds is 3. The van der Waals surface area contributed by atoms with Gasteiger partial charge in [0.05, 0.1) is 35.2 Å². The molecule has 9 nitrogen and oxygen atoms in total. The zero-order chi connectivity index (χ0) is 24.9. The summed E-state index contributed by atoms with van der Waals surface area (Å²) in [6.07, 6.45) is 0.819. The van der Waals surface area contributed by atoms with E-state index in [1.165, 1.54) is 4.90 Å². The first-order chi connectivity index (χ1) is 14.4. The highest BCUT2D eigenvalue weighted by molar-refractivity contribution is 8.13. The van der Waals surface area contributed by atoms with E-state index in [9.17, 15) is 21.6 Å². The number of benzene rings is 1. The van der Waals surface area contributed by atoms with Crippen molar-refractivity contribution in [2.24, 2.45) is 0 Å². The molecule has 2 unspecified atom stereocenters. The second kappa shape index (κ2) is 11.5. The Hall–Kier alpha value is -0.820. The highest BCUT2D eigenvalue weighted by atomic mass is 35.7. The summed E-state index contributed by atoms with van der Waals surface area (Å²) in [5, 5.41) is 0.723. The first-order valence-electron chi connectivity index (χ1n) is 9.27. The minimum atomic E-state index is -3.55. The van der Waals surface area contributed by atoms with Crippen molar-refractivity contribution in [2.45, 2.75) is 38.5 Å². The number of nitrogens with one attached hydrogen (secondary N) is 1. The summed E-state index contributed by atoms with van der Waals surface area (Å²) in [6.45, 7) is 5.88. The molecule has 0 bridgehead atoms. The number of hydrogen-bond donors (Lipinski definition) is 1. The van der Waals surface area contributed by atoms with Gasteiger partial charge in [0, 0.05) is 23.8 Å². The van der Waals surface area contributed by atoms with Gasteiger partial charge in [-0.3, -0.25) is 0 Å². The van der Waals surface area contributed by atoms with Crippen LogP contribution in [0.3, 0.4) is 0 Å². The van der Waals surface area contributed by atoms with E-state index in [0.717, 1.165) is 12.5 Å². The molecule has 0 aliphatic carbocycles. The third-order valence-electron chi connectivity index (χ3n) is 3.73. The first-order valence-corrected chi connectivity index (χ1v) is 14.6. The van der Waals surface area contributed by atoms with Gasteiger partial charge in [-0.15, -0.1) is 0 Å². The molecule has 2 atom stereocenters. The van der Waals surface area contributed by atoms with Gasteiger partial charge < -0.3 is 14.4 Å². The standard InChI is InChI=1S/C17H24Cl2N2O5S.CH3ClO2S/c1-17(2,3)26-16(22)21-7-8-25-15(14(10-21)20-27(4,23)24)11-5-6-12(18)13(19)9-11;1-5(2,3)4/h5-6,9,14-15,20H,7-8,10H2,1-4H3;1H3. The Kier molecular flexibility index (Phi) is 10.5. The monoisotopic (exact) mass is 552 g/mol. The fourth-order valence-corrected chi connectivity index (χ4v) is 3.77. The van der Waals surface area contributed by atoms with Gasteiger partial charge in [0.2, 0.25) is 19.1 Å². The average Bonchev–Trinajstić information content (AvgIpc) is 2.75. The zero-order valence-corrected chi connectivity index (χ0v) is 22.2. The van der Waals surface area contributed by atoms with Crippen LogP contribution in [0.25, 0.3) is 0 Å². The third kappa shape index (κ3) is 11.9. The predicted octanol–water partition coefficient (Wildman–Crippen LogP) is 3.40. The molecule has 14 heteroatoms. The van der Waals surface area contributed by atoms with Crippen molar-refractivity contribution in [1.82, 2.24) is 9.62 Å². The molecule has 1 aliphatic heterocycles. The van der Waals surface area contributed by atoms with Crippen LogP contribution in [0.15, 0.2) is 18.2 Å². The molecule has 1 N–H and O–H groups in total. The van der Waals surface area contributed by atoms with Crippen LogP contribution in [0, 0.1) is 0 Å². The molecular formula is C18H27Cl3N2O7S2. The summed E-state index contributed by atoms with van der Waals surface area (Å²) in [7, 11) is -2.24. The van der Waals surface area contributed by atoms with Gasteiger partial charge in [0.1, 0.15) is 11.7 Å². The minimum Gasteiger partial charge on any atom is -0.444 e. The number of sulfonamides is 1. The second-order valence-corrected chi connectivity index (χ2v) is 13.7. The van der Waals surface area contributed by atoms with Crippen molar-refractivity contribution in [3.63, 3.8) is 0 Å². The second-order valence-electron chi connectivity index (χ2n) is 8.07. The molecule has 0 saturated carbocycles. The van der Waals surface area contributed by atoms with Gasteiger partial charge in [-0.2, -0.15) is 0 Å². The maximum Gasteiger partial charge on any atom is 0.410 e. The lowest BCUT2D eigenvalue weighted by Crippen LogP contribution is -2.48. The Balaban J connectivity index is 0.000000920. The Morgan fingerprint density at radius 3 is 2.19 bits per heavy atom. The zero-order valence-electron chi connectivity index (χ0n) is 18.3. The highest BCUT2D eigenvalue weighted by Gasteiger charge is 2.34. The number of halogens is 3. The third-order valence-corrected chi connectivity index (χ3v) is 5.20. The van der Waals surface area contributed by atoms with Gasteiger partial charge in [-0.05, 0) is 38.5 Å². The number of carbonyl (C=O) groups excluding carboxylic acids is 1. The normalized spacial score (nSPS) is 20.1. The fraction of sp³-hybridized carbons (Fsp3) is 0.611. The van der Waals surface area contributed by atoms with E-state index in [2.05, 4.69) is 15.4 Å². The predicted molar refractivity (Wildman–Crippen MR) is 125 cm³/mol. The number of nitrogens with zero attached hydrogens (tertiary/aromatic N) is 1. The van der Waals surface area contributed by atoms with E-state index in [1.54, 1.807) is 39.0 Å². The molecule has 0 spiro atoms. The molecule has 0 aromatic heterocycles. The van der Waals surface area contributed by atoms with E-state index >= 15 is 0 Å². The van der Waals surface area contributed by atoms with Crippen molar-refractivity contribution in [3.8, 4) is 0 Å². The summed E-state index contributed by atoms with van der Waals surface area (Å²) in [5.41, 5.74) is 0.00389. The topological polar surface area (TPSA) is 119 Å². The van der Waals surface area contributed by atoms with Crippen LogP contribution in [0.5, 0.6) is 0 Å². The van der Waals surface area contributed by atoms with E-state index in [0.29, 0.717) is 15.6 Å². The van der Waals surface area contributed by atoms with Crippen LogP contribution in [0.4, 0.5) is 4.79 Å². The summed E-state index contributed by atoms with van der Waals surface area (Å²) in [6, 6.07) is 4.26. The molecule has 1 aromatic carbocycles. The molecular weight excluding hydrogens is 527 g/mol. The Morgan fingerprint density at radius 2 is 1.72 bits per heavy atom. The van der Waals surface area contributed by atoms with Crippen LogP contribution in [-0.4, -0.2) is 71.7 Å². The number of carbonyl (C=O) groups is 1. The van der Waals surface area contributed by atoms with Crippen molar-refractivity contribution in [2.75, 3.05) is 32.2 Å². The van der Waals surface area contributed by atoms with Crippen molar-refractivity contribution < 1.29 is 31.1 Å². The van der Waals surface area contributed by atoms with Gasteiger partial charge in [0.15, 0.2) is 0 Å². The van der Waals surface area contributed by atoms with Gasteiger partial charge >= 0.3 is 6.09 Å². The highest BCUT2D eigenvalue weighted by Crippen LogP contribution is 2.31. The fourth-order valence-electron chi connectivity index (χ4n) is 2.71. The molecule has 1 aliphatic rings. The smallest absolute Gasteiger partial charge is 0.410 e. The largest absolute Gasteiger partial charge is 0.444 e. The maximum atomic E-state index is 12.5. The number of hydrogen-bond acceptors (Lipinski definition) is 7. The SMILES string of the molecule is CC(C)(C)OC(=O)N1CCOC(c2ccc(Cl)c(Cl)c2)C(NS(C)(=O)=O)C1.CS(=O)(=O)Cl. The summed E-state index contributed by atoms with van der Waals surface area (Å²) in [4.78, 5) is 13.9. The molecule has 184 valence electrons. The first kappa shape index (κ1) is 29.2. The van der Waals surface area contributed by atoms with Crippen LogP contribution in [0.2, 0.25) is 10.0 Å². The van der Waals surface area contributed by atoms with E-state index < -0.39 is 42.9 Å². The van der Waals surface area contributed by atoms with Gasteiger partial charge in [0.25, 0.3) is 0 Å². The van der Waals surface area contributed by atoms with E-state index in [4.69, 9.17) is 32.7 Å². The van der Waals surface area contributed by atoms with E-state index in [1.807, 2.05) is 0 Å². The van der Waals surface area contributed by atoms with Crippen LogP contribution in [0.1, 0.15) is 32.4 Å². The molecule has 32 heavy (non-hydrogen) atoms. The van der Waals surface area contributed by atoms with Crippen molar-refractivity contribution >= 4 is 59.1 Å². The maximum absolute atomic E-state index is 12.5. The minimum absolute atomic E-state index is 0.0902. The Bertz CT molecular complexity index is 1000. The van der Waals surface area contributed by atoms with Crippen LogP contribution in [-0.2, 0) is 28.5 Å². The van der Waals surface area contributed by atoms with Gasteiger partial charge in [-0.1, -0.05) is 29.3 Å². The number of amides is 1. The number of ether oxygens (including phenoxy) is 2. The molecule has 1 aromatic rings. The quantitative estimate of drug-likeness (QED) is 0.570.